The van der Waals surface area contributed by atoms with Crippen LogP contribution in [0.25, 0.3) is 0 Å². The lowest BCUT2D eigenvalue weighted by Gasteiger charge is -2.37. The number of likely N-dealkylation sites (tertiary alicyclic amines) is 1. The zero-order valence-electron chi connectivity index (χ0n) is 21.8. The van der Waals surface area contributed by atoms with Crippen LogP contribution in [0.4, 0.5) is 5.69 Å². The summed E-state index contributed by atoms with van der Waals surface area (Å²) < 4.78 is 6.54. The first kappa shape index (κ1) is 28.1. The number of hydrogen-bond acceptors (Lipinski definition) is 5. The highest BCUT2D eigenvalue weighted by Gasteiger charge is 2.77. The van der Waals surface area contributed by atoms with Gasteiger partial charge in [0.2, 0.25) is 17.7 Å². The molecule has 0 saturated carbocycles. The van der Waals surface area contributed by atoms with Gasteiger partial charge in [0.15, 0.2) is 0 Å². The number of fused-ring (bicyclic) bond motifs is 1. The molecule has 3 fully saturated rings. The third-order valence-electron chi connectivity index (χ3n) is 8.05. The average molecular weight is 619 g/mol. The lowest BCUT2D eigenvalue weighted by atomic mass is 9.70. The zero-order chi connectivity index (χ0) is 27.9. The topological polar surface area (TPSA) is 108 Å². The lowest BCUT2D eigenvalue weighted by Crippen LogP contribution is -2.57. The maximum atomic E-state index is 14.2. The van der Waals surface area contributed by atoms with Crippen molar-refractivity contribution in [2.45, 2.75) is 61.8 Å². The smallest absolute Gasteiger partial charge is 0.250 e. The summed E-state index contributed by atoms with van der Waals surface area (Å²) in [6, 6.07) is 14.7. The fourth-order valence-electron chi connectivity index (χ4n) is 6.53. The normalized spacial score (nSPS) is 29.9. The predicted molar refractivity (Wildman–Crippen MR) is 151 cm³/mol. The van der Waals surface area contributed by atoms with Crippen LogP contribution >= 0.6 is 27.5 Å². The van der Waals surface area contributed by atoms with Gasteiger partial charge in [0.25, 0.3) is 0 Å². The molecule has 3 heterocycles. The van der Waals surface area contributed by atoms with Crippen molar-refractivity contribution in [2.24, 2.45) is 17.8 Å². The van der Waals surface area contributed by atoms with E-state index in [1.54, 1.807) is 24.3 Å². The number of amides is 3. The number of hydrogen-bond donors (Lipinski definition) is 3. The fourth-order valence-corrected chi connectivity index (χ4v) is 7.60. The number of nitrogens with one attached hydrogen (secondary N) is 2. The molecule has 10 heteroatoms. The first-order valence-corrected chi connectivity index (χ1v) is 14.6. The minimum absolute atomic E-state index is 0.166. The number of carbonyl (C=O) groups excluding carboxylic acids is 3. The Morgan fingerprint density at radius 2 is 1.85 bits per heavy atom. The highest BCUT2D eigenvalue weighted by Crippen LogP contribution is 2.60. The first-order chi connectivity index (χ1) is 18.7. The fraction of sp³-hybridized carbons (Fsp3) is 0.483. The van der Waals surface area contributed by atoms with Gasteiger partial charge in [-0.2, -0.15) is 0 Å². The van der Waals surface area contributed by atoms with Gasteiger partial charge in [-0.1, -0.05) is 71.7 Å². The van der Waals surface area contributed by atoms with Crippen molar-refractivity contribution >= 4 is 50.9 Å². The molecular formula is C29H33BrClN3O5. The molecule has 3 aliphatic heterocycles. The van der Waals surface area contributed by atoms with Crippen LogP contribution in [0.1, 0.15) is 32.3 Å². The van der Waals surface area contributed by atoms with Gasteiger partial charge in [0.1, 0.15) is 11.6 Å². The first-order valence-electron chi connectivity index (χ1n) is 13.3. The summed E-state index contributed by atoms with van der Waals surface area (Å²) in [6.45, 7) is 4.02. The van der Waals surface area contributed by atoms with Crippen LogP contribution in [-0.4, -0.2) is 63.0 Å². The van der Waals surface area contributed by atoms with Crippen LogP contribution in [-0.2, 0) is 25.7 Å². The summed E-state index contributed by atoms with van der Waals surface area (Å²) in [5, 5.41) is 16.8. The molecular weight excluding hydrogens is 586 g/mol. The van der Waals surface area contributed by atoms with Crippen molar-refractivity contribution in [1.29, 1.82) is 0 Å². The Morgan fingerprint density at radius 3 is 2.49 bits per heavy atom. The molecule has 0 aliphatic carbocycles. The number of alkyl halides is 1. The van der Waals surface area contributed by atoms with Gasteiger partial charge in [-0.3, -0.25) is 14.4 Å². The van der Waals surface area contributed by atoms with E-state index in [0.29, 0.717) is 30.1 Å². The van der Waals surface area contributed by atoms with Crippen LogP contribution in [0.3, 0.4) is 0 Å². The van der Waals surface area contributed by atoms with Crippen LogP contribution in [0.5, 0.6) is 0 Å². The number of anilines is 1. The molecule has 3 unspecified atom stereocenters. The Labute approximate surface area is 241 Å². The average Bonchev–Trinajstić information content (AvgIpc) is 3.51. The number of halogens is 2. The van der Waals surface area contributed by atoms with E-state index in [4.69, 9.17) is 16.3 Å². The molecule has 7 atom stereocenters. The minimum Gasteiger partial charge on any atom is -0.394 e. The number of nitrogens with zero attached hydrogens (tertiary/aromatic N) is 1. The highest BCUT2D eigenvalue weighted by atomic mass is 79.9. The molecule has 8 nitrogen and oxygen atoms in total. The van der Waals surface area contributed by atoms with E-state index in [1.807, 2.05) is 44.2 Å². The Balaban J connectivity index is 1.49. The highest BCUT2D eigenvalue weighted by molar-refractivity contribution is 9.09. The van der Waals surface area contributed by atoms with Crippen LogP contribution in [0.2, 0.25) is 5.02 Å². The molecule has 3 amide bonds. The molecule has 1 spiro atoms. The summed E-state index contributed by atoms with van der Waals surface area (Å²) in [6.07, 6.45) is 0.341. The van der Waals surface area contributed by atoms with Gasteiger partial charge in [-0.05, 0) is 48.6 Å². The standard InChI is InChI=1S/C29H33BrClN3O5/c1-16(2)12-20(15-35)34-25(27(37)33-19-10-8-18(31)9-11-19)29-13-21(30)24(39-29)22(23(29)28(34)38)26(36)32-14-17-6-4-3-5-7-17/h3-11,16,20-25,35H,12-15H2,1-2H3,(H,32,36)(H,33,37)/t20-,21?,22-,23+,24-,25?,29?/m1/s1. The van der Waals surface area contributed by atoms with Gasteiger partial charge < -0.3 is 25.4 Å². The predicted octanol–water partition coefficient (Wildman–Crippen LogP) is 3.75. The van der Waals surface area contributed by atoms with Crippen molar-refractivity contribution in [3.8, 4) is 0 Å². The number of rotatable bonds is 9. The van der Waals surface area contributed by atoms with Crippen LogP contribution in [0, 0.1) is 17.8 Å². The number of aliphatic hydroxyl groups excluding tert-OH is 1. The van der Waals surface area contributed by atoms with Crippen molar-refractivity contribution in [3.05, 3.63) is 65.2 Å². The Bertz CT molecular complexity index is 1230. The summed E-state index contributed by atoms with van der Waals surface area (Å²) in [4.78, 5) is 43.1. The number of aliphatic hydroxyl groups is 1. The molecule has 3 saturated heterocycles. The third kappa shape index (κ3) is 5.10. The van der Waals surface area contributed by atoms with Gasteiger partial charge >= 0.3 is 0 Å². The van der Waals surface area contributed by atoms with Gasteiger partial charge in [-0.15, -0.1) is 0 Å². The molecule has 208 valence electrons. The van der Waals surface area contributed by atoms with E-state index in [0.717, 1.165) is 5.56 Å². The molecule has 3 N–H and O–H groups in total. The second-order valence-corrected chi connectivity index (χ2v) is 12.7. The van der Waals surface area contributed by atoms with Crippen molar-refractivity contribution in [2.75, 3.05) is 11.9 Å². The van der Waals surface area contributed by atoms with Gasteiger partial charge in [0, 0.05) is 22.1 Å². The Kier molecular flexibility index (Phi) is 8.06. The van der Waals surface area contributed by atoms with Gasteiger partial charge in [-0.25, -0.2) is 0 Å². The SMILES string of the molecule is CC(C)C[C@H](CO)N1C(=O)[C@@H]2[C@@H](C(=O)NCc3ccccc3)[C@@H]3OC2(CC3Br)C1C(=O)Nc1ccc(Cl)cc1. The summed E-state index contributed by atoms with van der Waals surface area (Å²) in [5.41, 5.74) is 0.268. The summed E-state index contributed by atoms with van der Waals surface area (Å²) >= 11 is 9.71. The Hall–Kier alpha value is -2.46. The van der Waals surface area contributed by atoms with Gasteiger partial charge in [0.05, 0.1) is 30.6 Å². The number of ether oxygens (including phenoxy) is 1. The summed E-state index contributed by atoms with van der Waals surface area (Å²) in [7, 11) is 0. The Morgan fingerprint density at radius 1 is 1.15 bits per heavy atom. The van der Waals surface area contributed by atoms with Crippen molar-refractivity contribution in [3.63, 3.8) is 0 Å². The molecule has 2 aromatic rings. The van der Waals surface area contributed by atoms with E-state index in [2.05, 4.69) is 26.6 Å². The maximum absolute atomic E-state index is 14.2. The molecule has 3 aliphatic rings. The van der Waals surface area contributed by atoms with Crippen LogP contribution < -0.4 is 10.6 Å². The van der Waals surface area contributed by atoms with E-state index < -0.39 is 41.5 Å². The molecule has 39 heavy (non-hydrogen) atoms. The largest absolute Gasteiger partial charge is 0.394 e. The second kappa shape index (κ2) is 11.2. The van der Waals surface area contributed by atoms with E-state index in [9.17, 15) is 19.5 Å². The van der Waals surface area contributed by atoms with Crippen molar-refractivity contribution in [1.82, 2.24) is 10.2 Å². The molecule has 5 rings (SSSR count). The third-order valence-corrected chi connectivity index (χ3v) is 9.14. The van der Waals surface area contributed by atoms with E-state index in [-0.39, 0.29) is 29.2 Å². The maximum Gasteiger partial charge on any atom is 0.250 e. The molecule has 0 aromatic heterocycles. The molecule has 0 radical (unpaired) electrons. The zero-order valence-corrected chi connectivity index (χ0v) is 24.2. The number of carbonyl (C=O) groups is 3. The monoisotopic (exact) mass is 617 g/mol. The van der Waals surface area contributed by atoms with E-state index in [1.165, 1.54) is 4.90 Å². The molecule has 2 bridgehead atoms. The van der Waals surface area contributed by atoms with Crippen molar-refractivity contribution < 1.29 is 24.2 Å². The lowest BCUT2D eigenvalue weighted by molar-refractivity contribution is -0.144. The summed E-state index contributed by atoms with van der Waals surface area (Å²) in [5.74, 6) is -2.47. The minimum atomic E-state index is -1.20. The van der Waals surface area contributed by atoms with E-state index >= 15 is 0 Å². The van der Waals surface area contributed by atoms with Crippen LogP contribution in [0.15, 0.2) is 54.6 Å². The quantitative estimate of drug-likeness (QED) is 0.371. The molecule has 2 aromatic carbocycles. The number of benzene rings is 2. The second-order valence-electron chi connectivity index (χ2n) is 11.1.